The molecule has 0 aromatic carbocycles. The zero-order chi connectivity index (χ0) is 19.3. The van der Waals surface area contributed by atoms with Gasteiger partial charge in [-0.05, 0) is 18.4 Å². The first-order valence-corrected chi connectivity index (χ1v) is 10.8. The van der Waals surface area contributed by atoms with Gasteiger partial charge in [0.2, 0.25) is 0 Å². The molecule has 0 saturated carbocycles. The van der Waals surface area contributed by atoms with Crippen molar-refractivity contribution in [1.29, 1.82) is 0 Å². The van der Waals surface area contributed by atoms with E-state index in [2.05, 4.69) is 11.9 Å². The summed E-state index contributed by atoms with van der Waals surface area (Å²) in [6.07, 6.45) is 23.0. The normalized spacial score (nSPS) is 11.7. The third-order valence-corrected chi connectivity index (χ3v) is 4.65. The van der Waals surface area contributed by atoms with Gasteiger partial charge in [0, 0.05) is 12.6 Å². The first-order chi connectivity index (χ1) is 12.7. The zero-order valence-electron chi connectivity index (χ0n) is 17.9. The Labute approximate surface area is 189 Å². The molecule has 0 amide bonds. The zero-order valence-corrected chi connectivity index (χ0v) is 19.9. The Hall–Kier alpha value is -0.320. The Morgan fingerprint density at radius 3 is 1.48 bits per heavy atom. The van der Waals surface area contributed by atoms with E-state index < -0.39 is 11.9 Å². The molecule has 0 heterocycles. The van der Waals surface area contributed by atoms with Crippen LogP contribution in [0.2, 0.25) is 0 Å². The fourth-order valence-corrected chi connectivity index (χ4v) is 3.04. The van der Waals surface area contributed by atoms with Gasteiger partial charge < -0.3 is 15.2 Å². The molecular weight excluding hydrogens is 349 g/mol. The summed E-state index contributed by atoms with van der Waals surface area (Å²) in [4.78, 5) is 14.1. The van der Waals surface area contributed by atoms with Crippen LogP contribution in [-0.4, -0.2) is 23.5 Å². The largest absolute Gasteiger partial charge is 1.00 e. The third kappa shape index (κ3) is 25.7. The van der Waals surface area contributed by atoms with Gasteiger partial charge in [0.25, 0.3) is 0 Å². The van der Waals surface area contributed by atoms with Gasteiger partial charge in [-0.3, -0.25) is 0 Å². The van der Waals surface area contributed by atoms with Gasteiger partial charge in [0.15, 0.2) is 0 Å². The molecule has 0 saturated heterocycles. The van der Waals surface area contributed by atoms with Crippen molar-refractivity contribution in [3.63, 3.8) is 0 Å². The van der Waals surface area contributed by atoms with Crippen molar-refractivity contribution in [2.45, 2.75) is 110 Å². The van der Waals surface area contributed by atoms with Crippen molar-refractivity contribution < 1.29 is 44.6 Å². The topological polar surface area (TPSA) is 72.7 Å². The molecule has 0 aromatic rings. The number of unbranched alkanes of at least 4 members (excludes halogenated alkanes) is 15. The average molecular weight is 390 g/mol. The SMILES string of the molecule is CCCCCCCCCCCCCCCCCCN=C([O-])/C=C\C(=O)O.[Na+]. The predicted octanol–water partition coefficient (Wildman–Crippen LogP) is 2.65. The second-order valence-electron chi connectivity index (χ2n) is 7.19. The minimum Gasteiger partial charge on any atom is -0.859 e. The van der Waals surface area contributed by atoms with Gasteiger partial charge in [0.1, 0.15) is 0 Å². The van der Waals surface area contributed by atoms with Crippen LogP contribution in [0.3, 0.4) is 0 Å². The molecule has 5 heteroatoms. The summed E-state index contributed by atoms with van der Waals surface area (Å²) in [6.45, 7) is 2.77. The maximum atomic E-state index is 11.2. The maximum absolute atomic E-state index is 11.2. The maximum Gasteiger partial charge on any atom is 1.00 e. The van der Waals surface area contributed by atoms with E-state index >= 15 is 0 Å². The van der Waals surface area contributed by atoms with Crippen LogP contribution in [0, 0.1) is 0 Å². The summed E-state index contributed by atoms with van der Waals surface area (Å²) in [7, 11) is 0. The van der Waals surface area contributed by atoms with Gasteiger partial charge in [-0.2, -0.15) is 0 Å². The van der Waals surface area contributed by atoms with E-state index in [0.717, 1.165) is 25.0 Å². The molecule has 0 fully saturated rings. The third-order valence-electron chi connectivity index (χ3n) is 4.65. The Kier molecular flexibility index (Phi) is 25.4. The molecule has 0 unspecified atom stereocenters. The number of aliphatic carboxylic acids is 1. The van der Waals surface area contributed by atoms with E-state index in [-0.39, 0.29) is 29.6 Å². The Morgan fingerprint density at radius 2 is 1.11 bits per heavy atom. The van der Waals surface area contributed by atoms with Gasteiger partial charge in [-0.25, -0.2) is 4.79 Å². The van der Waals surface area contributed by atoms with E-state index in [1.54, 1.807) is 0 Å². The summed E-state index contributed by atoms with van der Waals surface area (Å²) in [5, 5.41) is 19.6. The molecule has 0 aliphatic heterocycles. The van der Waals surface area contributed by atoms with Crippen LogP contribution in [0.15, 0.2) is 17.1 Å². The Bertz CT molecular complexity index is 384. The van der Waals surface area contributed by atoms with Crippen LogP contribution >= 0.6 is 0 Å². The van der Waals surface area contributed by atoms with Gasteiger partial charge in [-0.15, -0.1) is 0 Å². The van der Waals surface area contributed by atoms with Crippen LogP contribution in [-0.2, 0) is 4.79 Å². The summed E-state index contributed by atoms with van der Waals surface area (Å²) < 4.78 is 0. The van der Waals surface area contributed by atoms with Crippen molar-refractivity contribution >= 4 is 11.9 Å². The van der Waals surface area contributed by atoms with E-state index in [1.165, 1.54) is 89.9 Å². The number of carbonyl (C=O) groups is 1. The molecule has 0 bridgehead atoms. The molecule has 4 nitrogen and oxygen atoms in total. The molecule has 0 radical (unpaired) electrons. The average Bonchev–Trinajstić information content (AvgIpc) is 2.62. The molecule has 0 rings (SSSR count). The molecule has 0 aromatic heterocycles. The number of carboxylic acids is 1. The predicted molar refractivity (Wildman–Crippen MR) is 109 cm³/mol. The Morgan fingerprint density at radius 1 is 0.741 bits per heavy atom. The van der Waals surface area contributed by atoms with Crippen molar-refractivity contribution in [2.75, 3.05) is 6.54 Å². The minimum atomic E-state index is -1.11. The van der Waals surface area contributed by atoms with E-state index in [4.69, 9.17) is 5.11 Å². The smallest absolute Gasteiger partial charge is 0.859 e. The van der Waals surface area contributed by atoms with Gasteiger partial charge in [-0.1, -0.05) is 103 Å². The first kappa shape index (κ1) is 28.9. The number of nitrogens with zero attached hydrogens (tertiary/aromatic N) is 1. The summed E-state index contributed by atoms with van der Waals surface area (Å²) in [5.74, 6) is -1.57. The van der Waals surface area contributed by atoms with E-state index in [9.17, 15) is 9.90 Å². The van der Waals surface area contributed by atoms with E-state index in [1.807, 2.05) is 0 Å². The standard InChI is InChI=1S/C22H41NO3.Na/c1-2-3-4-5-6-7-8-9-10-11-12-13-14-15-16-17-20-23-21(24)18-19-22(25)26;/h18-19H,2-17,20H2,1H3,(H,23,24)(H,25,26);/q;+1/p-1/b19-18-;. The van der Waals surface area contributed by atoms with Crippen molar-refractivity contribution in [3.05, 3.63) is 12.2 Å². The number of carboxylic acid groups (broad SMARTS) is 1. The molecule has 0 aliphatic rings. The van der Waals surface area contributed by atoms with Crippen LogP contribution in [0.25, 0.3) is 0 Å². The molecule has 152 valence electrons. The molecular formula is C22H40NNaO3. The number of hydrogen-bond acceptors (Lipinski definition) is 3. The fraction of sp³-hybridized carbons (Fsp3) is 0.818. The van der Waals surface area contributed by atoms with Crippen molar-refractivity contribution in [1.82, 2.24) is 0 Å². The first-order valence-electron chi connectivity index (χ1n) is 10.8. The number of hydrogen-bond donors (Lipinski definition) is 1. The molecule has 0 atom stereocenters. The molecule has 27 heavy (non-hydrogen) atoms. The van der Waals surface area contributed by atoms with E-state index in [0.29, 0.717) is 6.54 Å². The second kappa shape index (κ2) is 23.7. The molecule has 0 aliphatic carbocycles. The summed E-state index contributed by atoms with van der Waals surface area (Å²) >= 11 is 0. The Balaban J connectivity index is 0. The van der Waals surface area contributed by atoms with Gasteiger partial charge in [0.05, 0.1) is 0 Å². The quantitative estimate of drug-likeness (QED) is 0.121. The van der Waals surface area contributed by atoms with Crippen molar-refractivity contribution in [3.8, 4) is 0 Å². The number of aliphatic imine (C=N–C) groups is 1. The van der Waals surface area contributed by atoms with Crippen LogP contribution in [0.1, 0.15) is 110 Å². The van der Waals surface area contributed by atoms with Gasteiger partial charge >= 0.3 is 35.5 Å². The molecule has 1 N–H and O–H groups in total. The summed E-state index contributed by atoms with van der Waals surface area (Å²) in [6, 6.07) is 0. The van der Waals surface area contributed by atoms with Crippen LogP contribution < -0.4 is 34.7 Å². The fourth-order valence-electron chi connectivity index (χ4n) is 3.04. The van der Waals surface area contributed by atoms with Crippen LogP contribution in [0.4, 0.5) is 0 Å². The summed E-state index contributed by atoms with van der Waals surface area (Å²) in [5.41, 5.74) is 0. The van der Waals surface area contributed by atoms with Crippen LogP contribution in [0.5, 0.6) is 0 Å². The van der Waals surface area contributed by atoms with Crippen molar-refractivity contribution in [2.24, 2.45) is 4.99 Å². The monoisotopic (exact) mass is 389 g/mol. The minimum absolute atomic E-state index is 0. The molecule has 0 spiro atoms. The second-order valence-corrected chi connectivity index (χ2v) is 7.19. The number of rotatable bonds is 19.